The Morgan fingerprint density at radius 2 is 2.11 bits per heavy atom. The van der Waals surface area contributed by atoms with Gasteiger partial charge in [-0.25, -0.2) is 0 Å². The summed E-state index contributed by atoms with van der Waals surface area (Å²) in [6.45, 7) is 8.87. The maximum Gasteiger partial charge on any atom is 0.128 e. The monoisotopic (exact) mass is 283 g/mol. The quantitative estimate of drug-likeness (QED) is 0.903. The van der Waals surface area contributed by atoms with Crippen molar-refractivity contribution < 1.29 is 9.47 Å². The Morgan fingerprint density at radius 1 is 1.37 bits per heavy atom. The van der Waals surface area contributed by atoms with Crippen LogP contribution in [0.3, 0.4) is 0 Å². The Labute approximate surface area is 120 Å². The van der Waals surface area contributed by atoms with Gasteiger partial charge in [0, 0.05) is 29.2 Å². The Kier molecular flexibility index (Phi) is 4.39. The molecule has 0 amide bonds. The standard InChI is InChI=1S/C15H22ClNO2/c1-15(2,3)12-8-10(16)7-11(14(12)18-4)13-9-17-5-6-19-13/h7-8,13,17H,5-6,9H2,1-4H3. The number of hydrogen-bond acceptors (Lipinski definition) is 3. The van der Waals surface area contributed by atoms with E-state index in [2.05, 4.69) is 26.1 Å². The van der Waals surface area contributed by atoms with E-state index >= 15 is 0 Å². The van der Waals surface area contributed by atoms with Crippen molar-refractivity contribution >= 4 is 11.6 Å². The van der Waals surface area contributed by atoms with Gasteiger partial charge in [-0.3, -0.25) is 0 Å². The van der Waals surface area contributed by atoms with Crippen molar-refractivity contribution in [2.24, 2.45) is 0 Å². The lowest BCUT2D eigenvalue weighted by molar-refractivity contribution is 0.0261. The van der Waals surface area contributed by atoms with Crippen molar-refractivity contribution in [1.29, 1.82) is 0 Å². The fourth-order valence-electron chi connectivity index (χ4n) is 2.40. The molecule has 1 aliphatic heterocycles. The van der Waals surface area contributed by atoms with Gasteiger partial charge >= 0.3 is 0 Å². The van der Waals surface area contributed by atoms with Gasteiger partial charge in [0.2, 0.25) is 0 Å². The second-order valence-corrected chi connectivity index (χ2v) is 6.33. The van der Waals surface area contributed by atoms with Gasteiger partial charge in [0.05, 0.1) is 19.8 Å². The summed E-state index contributed by atoms with van der Waals surface area (Å²) in [4.78, 5) is 0. The molecule has 19 heavy (non-hydrogen) atoms. The zero-order valence-electron chi connectivity index (χ0n) is 12.0. The normalized spacial score (nSPS) is 20.4. The highest BCUT2D eigenvalue weighted by Crippen LogP contribution is 2.40. The van der Waals surface area contributed by atoms with Crippen LogP contribution in [0.15, 0.2) is 12.1 Å². The molecule has 1 fully saturated rings. The fourth-order valence-corrected chi connectivity index (χ4v) is 2.63. The highest BCUT2D eigenvalue weighted by atomic mass is 35.5. The molecule has 106 valence electrons. The smallest absolute Gasteiger partial charge is 0.128 e. The summed E-state index contributed by atoms with van der Waals surface area (Å²) in [6.07, 6.45) is 0.00324. The molecule has 4 heteroatoms. The van der Waals surface area contributed by atoms with Crippen molar-refractivity contribution in [1.82, 2.24) is 5.32 Å². The molecule has 0 saturated carbocycles. The van der Waals surface area contributed by atoms with Crippen molar-refractivity contribution in [3.8, 4) is 5.75 Å². The molecule has 2 rings (SSSR count). The summed E-state index contributed by atoms with van der Waals surface area (Å²) >= 11 is 6.27. The third-order valence-electron chi connectivity index (χ3n) is 3.37. The maximum absolute atomic E-state index is 6.27. The predicted molar refractivity (Wildman–Crippen MR) is 78.3 cm³/mol. The first-order chi connectivity index (χ1) is 8.93. The zero-order chi connectivity index (χ0) is 14.0. The average molecular weight is 284 g/mol. The van der Waals surface area contributed by atoms with Gasteiger partial charge in [-0.2, -0.15) is 0 Å². The minimum Gasteiger partial charge on any atom is -0.496 e. The molecule has 0 aromatic heterocycles. The van der Waals surface area contributed by atoms with Crippen LogP contribution in [-0.2, 0) is 10.2 Å². The number of rotatable bonds is 2. The summed E-state index contributed by atoms with van der Waals surface area (Å²) in [6, 6.07) is 3.94. The lowest BCUT2D eigenvalue weighted by atomic mass is 9.84. The van der Waals surface area contributed by atoms with Crippen LogP contribution < -0.4 is 10.1 Å². The number of halogens is 1. The molecule has 1 aliphatic rings. The van der Waals surface area contributed by atoms with E-state index in [1.807, 2.05) is 12.1 Å². The van der Waals surface area contributed by atoms with Crippen molar-refractivity contribution in [2.45, 2.75) is 32.3 Å². The molecule has 0 radical (unpaired) electrons. The molecule has 1 heterocycles. The molecule has 0 aliphatic carbocycles. The third-order valence-corrected chi connectivity index (χ3v) is 3.59. The van der Waals surface area contributed by atoms with Gasteiger partial charge in [-0.05, 0) is 17.5 Å². The summed E-state index contributed by atoms with van der Waals surface area (Å²) in [7, 11) is 1.71. The topological polar surface area (TPSA) is 30.5 Å². The van der Waals surface area contributed by atoms with E-state index in [1.165, 1.54) is 0 Å². The van der Waals surface area contributed by atoms with Crippen molar-refractivity contribution in [3.63, 3.8) is 0 Å². The number of morpholine rings is 1. The lowest BCUT2D eigenvalue weighted by Crippen LogP contribution is -2.33. The Hall–Kier alpha value is -0.770. The van der Waals surface area contributed by atoms with Gasteiger partial charge < -0.3 is 14.8 Å². The molecular weight excluding hydrogens is 262 g/mol. The first-order valence-electron chi connectivity index (χ1n) is 6.63. The highest BCUT2D eigenvalue weighted by Gasteiger charge is 2.27. The predicted octanol–water partition coefficient (Wildman–Crippen LogP) is 3.31. The van der Waals surface area contributed by atoms with E-state index < -0.39 is 0 Å². The van der Waals surface area contributed by atoms with E-state index in [-0.39, 0.29) is 11.5 Å². The largest absolute Gasteiger partial charge is 0.496 e. The van der Waals surface area contributed by atoms with Gasteiger partial charge in [-0.15, -0.1) is 0 Å². The van der Waals surface area contributed by atoms with Crippen LogP contribution in [0.1, 0.15) is 38.0 Å². The number of nitrogens with one attached hydrogen (secondary N) is 1. The first-order valence-corrected chi connectivity index (χ1v) is 7.01. The third kappa shape index (κ3) is 3.22. The number of methoxy groups -OCH3 is 1. The van der Waals surface area contributed by atoms with Crippen LogP contribution >= 0.6 is 11.6 Å². The minimum atomic E-state index is -0.0207. The molecule has 1 aromatic rings. The summed E-state index contributed by atoms with van der Waals surface area (Å²) in [5.74, 6) is 0.894. The van der Waals surface area contributed by atoms with Crippen LogP contribution in [0.4, 0.5) is 0 Å². The fraction of sp³-hybridized carbons (Fsp3) is 0.600. The lowest BCUT2D eigenvalue weighted by Gasteiger charge is -2.29. The maximum atomic E-state index is 6.27. The van der Waals surface area contributed by atoms with Crippen LogP contribution in [0.5, 0.6) is 5.75 Å². The van der Waals surface area contributed by atoms with Crippen LogP contribution in [0.25, 0.3) is 0 Å². The molecule has 3 nitrogen and oxygen atoms in total. The highest BCUT2D eigenvalue weighted by molar-refractivity contribution is 6.30. The summed E-state index contributed by atoms with van der Waals surface area (Å²) in [5.41, 5.74) is 2.13. The molecule has 1 N–H and O–H groups in total. The minimum absolute atomic E-state index is 0.00324. The van der Waals surface area contributed by atoms with Crippen molar-refractivity contribution in [3.05, 3.63) is 28.3 Å². The van der Waals surface area contributed by atoms with Gasteiger partial charge in [-0.1, -0.05) is 32.4 Å². The molecule has 0 bridgehead atoms. The van der Waals surface area contributed by atoms with E-state index in [9.17, 15) is 0 Å². The molecule has 0 spiro atoms. The SMILES string of the molecule is COc1c(C2CNCCO2)cc(Cl)cc1C(C)(C)C. The van der Waals surface area contributed by atoms with Crippen LogP contribution in [-0.4, -0.2) is 26.8 Å². The van der Waals surface area contributed by atoms with Gasteiger partial charge in [0.25, 0.3) is 0 Å². The van der Waals surface area contributed by atoms with Crippen molar-refractivity contribution in [2.75, 3.05) is 26.8 Å². The van der Waals surface area contributed by atoms with E-state index in [0.29, 0.717) is 6.61 Å². The van der Waals surface area contributed by atoms with Crippen LogP contribution in [0.2, 0.25) is 5.02 Å². The Bertz CT molecular complexity index is 448. The average Bonchev–Trinajstić information content (AvgIpc) is 2.37. The molecule has 1 saturated heterocycles. The van der Waals surface area contributed by atoms with Crippen LogP contribution in [0, 0.1) is 0 Å². The van der Waals surface area contributed by atoms with Gasteiger partial charge in [0.15, 0.2) is 0 Å². The summed E-state index contributed by atoms with van der Waals surface area (Å²) in [5, 5.41) is 4.07. The molecular formula is C15H22ClNO2. The van der Waals surface area contributed by atoms with E-state index in [0.717, 1.165) is 35.0 Å². The number of hydrogen-bond donors (Lipinski definition) is 1. The molecule has 1 atom stereocenters. The number of ether oxygens (including phenoxy) is 2. The molecule has 1 unspecified atom stereocenters. The second-order valence-electron chi connectivity index (χ2n) is 5.89. The first kappa shape index (κ1) is 14.6. The molecule has 1 aromatic carbocycles. The van der Waals surface area contributed by atoms with E-state index in [4.69, 9.17) is 21.1 Å². The Morgan fingerprint density at radius 3 is 2.63 bits per heavy atom. The van der Waals surface area contributed by atoms with Gasteiger partial charge in [0.1, 0.15) is 5.75 Å². The summed E-state index contributed by atoms with van der Waals surface area (Å²) < 4.78 is 11.5. The zero-order valence-corrected chi connectivity index (χ0v) is 12.8. The van der Waals surface area contributed by atoms with E-state index in [1.54, 1.807) is 7.11 Å². The Balaban J connectivity index is 2.50. The second kappa shape index (κ2) is 5.70. The number of benzene rings is 1.